The summed E-state index contributed by atoms with van der Waals surface area (Å²) in [7, 11) is 0. The summed E-state index contributed by atoms with van der Waals surface area (Å²) in [5.74, 6) is -0.0736. The molecule has 0 amide bonds. The van der Waals surface area contributed by atoms with E-state index < -0.39 is 5.41 Å². The van der Waals surface area contributed by atoms with Crippen LogP contribution in [-0.2, 0) is 6.42 Å². The van der Waals surface area contributed by atoms with Crippen LogP contribution in [0.3, 0.4) is 0 Å². The van der Waals surface area contributed by atoms with Gasteiger partial charge >= 0.3 is 0 Å². The molecule has 0 saturated heterocycles. The van der Waals surface area contributed by atoms with Gasteiger partial charge in [-0.15, -0.1) is 0 Å². The van der Waals surface area contributed by atoms with Crippen LogP contribution in [0.4, 0.5) is 0 Å². The van der Waals surface area contributed by atoms with E-state index in [2.05, 4.69) is 18.2 Å². The van der Waals surface area contributed by atoms with Crippen molar-refractivity contribution in [3.8, 4) is 18.2 Å². The number of nitriles is 3. The average Bonchev–Trinajstić information content (AvgIpc) is 3.14. The Morgan fingerprint density at radius 2 is 1.83 bits per heavy atom. The smallest absolute Gasteiger partial charge is 0.154 e. The largest absolute Gasteiger partial charge is 0.197 e. The Balaban J connectivity index is 2.10. The molecule has 0 radical (unpaired) electrons. The lowest BCUT2D eigenvalue weighted by Gasteiger charge is -2.25. The quantitative estimate of drug-likeness (QED) is 0.795. The van der Waals surface area contributed by atoms with E-state index in [1.54, 1.807) is 0 Å². The van der Waals surface area contributed by atoms with Gasteiger partial charge in [0.05, 0.1) is 17.7 Å². The molecule has 0 spiro atoms. The van der Waals surface area contributed by atoms with Gasteiger partial charge in [-0.2, -0.15) is 15.8 Å². The number of allylic oxidation sites excluding steroid dienone is 2. The number of nitrogens with zero attached hydrogens (tertiary/aromatic N) is 3. The molecule has 110 valence electrons. The van der Waals surface area contributed by atoms with Gasteiger partial charge < -0.3 is 0 Å². The van der Waals surface area contributed by atoms with Crippen LogP contribution in [0.5, 0.6) is 0 Å². The molecule has 0 aliphatic heterocycles. The molecule has 0 fully saturated rings. The summed E-state index contributed by atoms with van der Waals surface area (Å²) in [6, 6.07) is 18.3. The Morgan fingerprint density at radius 3 is 2.48 bits per heavy atom. The monoisotopic (exact) mass is 297 g/mol. The first-order valence-electron chi connectivity index (χ1n) is 7.64. The maximum absolute atomic E-state index is 9.69. The highest BCUT2D eigenvalue weighted by atomic mass is 14.5. The molecule has 1 atom stereocenters. The molecule has 23 heavy (non-hydrogen) atoms. The third-order valence-corrected chi connectivity index (χ3v) is 4.64. The van der Waals surface area contributed by atoms with Crippen molar-refractivity contribution in [3.05, 3.63) is 59.7 Å². The molecule has 1 aliphatic rings. The Labute approximate surface area is 135 Å². The summed E-state index contributed by atoms with van der Waals surface area (Å²) in [6.07, 6.45) is 6.00. The summed E-state index contributed by atoms with van der Waals surface area (Å²) < 4.78 is 0. The van der Waals surface area contributed by atoms with Crippen LogP contribution < -0.4 is 0 Å². The summed E-state index contributed by atoms with van der Waals surface area (Å²) in [5, 5.41) is 30.8. The predicted octanol–water partition coefficient (Wildman–Crippen LogP) is 4.25. The van der Waals surface area contributed by atoms with Crippen molar-refractivity contribution >= 4 is 10.8 Å². The third-order valence-electron chi connectivity index (χ3n) is 4.64. The van der Waals surface area contributed by atoms with Gasteiger partial charge in [0.1, 0.15) is 6.07 Å². The number of rotatable bonds is 3. The summed E-state index contributed by atoms with van der Waals surface area (Å²) in [4.78, 5) is 0. The van der Waals surface area contributed by atoms with Gasteiger partial charge in [0.15, 0.2) is 5.41 Å². The Kier molecular flexibility index (Phi) is 3.84. The molecule has 2 aromatic carbocycles. The van der Waals surface area contributed by atoms with Crippen molar-refractivity contribution in [2.45, 2.75) is 19.3 Å². The van der Waals surface area contributed by atoms with Crippen molar-refractivity contribution in [2.24, 2.45) is 11.3 Å². The third kappa shape index (κ3) is 2.46. The van der Waals surface area contributed by atoms with Crippen molar-refractivity contribution in [3.63, 3.8) is 0 Å². The van der Waals surface area contributed by atoms with E-state index in [9.17, 15) is 15.8 Å². The molecule has 3 rings (SSSR count). The lowest BCUT2D eigenvalue weighted by molar-refractivity contribution is 0.372. The minimum absolute atomic E-state index is 0.0736. The van der Waals surface area contributed by atoms with E-state index in [1.807, 2.05) is 48.6 Å². The zero-order valence-electron chi connectivity index (χ0n) is 12.7. The molecule has 1 aliphatic carbocycles. The highest BCUT2D eigenvalue weighted by molar-refractivity contribution is 5.89. The average molecular weight is 297 g/mol. The topological polar surface area (TPSA) is 71.4 Å². The highest BCUT2D eigenvalue weighted by Gasteiger charge is 2.40. The number of hydrogen-bond donors (Lipinski definition) is 0. The second kappa shape index (κ2) is 5.96. The van der Waals surface area contributed by atoms with Gasteiger partial charge in [0, 0.05) is 12.3 Å². The van der Waals surface area contributed by atoms with Crippen molar-refractivity contribution in [1.29, 1.82) is 15.8 Å². The van der Waals surface area contributed by atoms with Crippen molar-refractivity contribution in [2.75, 3.05) is 0 Å². The molecule has 0 N–H and O–H groups in total. The van der Waals surface area contributed by atoms with Crippen LogP contribution in [0.1, 0.15) is 24.0 Å². The molecule has 3 heteroatoms. The fraction of sp³-hybridized carbons (Fsp3) is 0.250. The van der Waals surface area contributed by atoms with Crippen LogP contribution in [0.25, 0.3) is 10.8 Å². The molecule has 0 bridgehead atoms. The fourth-order valence-electron chi connectivity index (χ4n) is 3.34. The Bertz CT molecular complexity index is 889. The SMILES string of the molecule is N#Cc1c(CC(C#N)(C#N)C2C=CCC2)ccc2ccccc12. The predicted molar refractivity (Wildman–Crippen MR) is 87.9 cm³/mol. The minimum Gasteiger partial charge on any atom is -0.197 e. The first kappa shape index (κ1) is 14.8. The zero-order chi connectivity index (χ0) is 16.3. The summed E-state index contributed by atoms with van der Waals surface area (Å²) >= 11 is 0. The fourth-order valence-corrected chi connectivity index (χ4v) is 3.34. The van der Waals surface area contributed by atoms with E-state index in [4.69, 9.17) is 0 Å². The zero-order valence-corrected chi connectivity index (χ0v) is 12.7. The molecular formula is C20H15N3. The lowest BCUT2D eigenvalue weighted by Crippen LogP contribution is -2.28. The van der Waals surface area contributed by atoms with Crippen LogP contribution in [0.2, 0.25) is 0 Å². The molecule has 1 unspecified atom stereocenters. The van der Waals surface area contributed by atoms with E-state index in [0.717, 1.165) is 29.2 Å². The lowest BCUT2D eigenvalue weighted by atomic mass is 9.72. The molecule has 0 aromatic heterocycles. The van der Waals surface area contributed by atoms with Crippen LogP contribution in [0, 0.1) is 45.3 Å². The van der Waals surface area contributed by atoms with E-state index >= 15 is 0 Å². The second-order valence-electron chi connectivity index (χ2n) is 5.92. The van der Waals surface area contributed by atoms with Crippen LogP contribution in [0.15, 0.2) is 48.6 Å². The summed E-state index contributed by atoms with van der Waals surface area (Å²) in [5.41, 5.74) is 0.232. The van der Waals surface area contributed by atoms with Gasteiger partial charge in [-0.3, -0.25) is 0 Å². The van der Waals surface area contributed by atoms with Gasteiger partial charge in [0.2, 0.25) is 0 Å². The van der Waals surface area contributed by atoms with E-state index in [1.165, 1.54) is 0 Å². The van der Waals surface area contributed by atoms with E-state index in [0.29, 0.717) is 5.56 Å². The maximum atomic E-state index is 9.69. The van der Waals surface area contributed by atoms with Crippen LogP contribution >= 0.6 is 0 Å². The van der Waals surface area contributed by atoms with E-state index in [-0.39, 0.29) is 12.3 Å². The normalized spacial score (nSPS) is 16.7. The first-order valence-corrected chi connectivity index (χ1v) is 7.64. The van der Waals surface area contributed by atoms with Gasteiger partial charge in [-0.1, -0.05) is 48.6 Å². The van der Waals surface area contributed by atoms with Crippen molar-refractivity contribution < 1.29 is 0 Å². The molecule has 2 aromatic rings. The van der Waals surface area contributed by atoms with Gasteiger partial charge in [0.25, 0.3) is 0 Å². The van der Waals surface area contributed by atoms with Gasteiger partial charge in [-0.05, 0) is 29.2 Å². The van der Waals surface area contributed by atoms with Gasteiger partial charge in [-0.25, -0.2) is 0 Å². The molecule has 0 saturated carbocycles. The van der Waals surface area contributed by atoms with Crippen LogP contribution in [-0.4, -0.2) is 0 Å². The first-order chi connectivity index (χ1) is 11.2. The molecular weight excluding hydrogens is 282 g/mol. The highest BCUT2D eigenvalue weighted by Crippen LogP contribution is 2.39. The number of hydrogen-bond acceptors (Lipinski definition) is 3. The molecule has 3 nitrogen and oxygen atoms in total. The summed E-state index contributed by atoms with van der Waals surface area (Å²) in [6.45, 7) is 0. The number of fused-ring (bicyclic) bond motifs is 1. The standard InChI is InChI=1S/C20H15N3/c21-12-19-16(10-9-15-5-1-4-8-18(15)19)11-20(13-22,14-23)17-6-2-3-7-17/h1-2,4-6,8-10,17H,3,7,11H2. The van der Waals surface area contributed by atoms with Crippen molar-refractivity contribution in [1.82, 2.24) is 0 Å². The number of benzene rings is 2. The Morgan fingerprint density at radius 1 is 1.04 bits per heavy atom. The minimum atomic E-state index is -1.11. The maximum Gasteiger partial charge on any atom is 0.154 e. The Hall–Kier alpha value is -3.09. The molecule has 0 heterocycles. The second-order valence-corrected chi connectivity index (χ2v) is 5.92.